The van der Waals surface area contributed by atoms with E-state index in [4.69, 9.17) is 9.26 Å². The second-order valence-corrected chi connectivity index (χ2v) is 4.52. The van der Waals surface area contributed by atoms with Crippen LogP contribution in [0, 0.1) is 10.1 Å². The van der Waals surface area contributed by atoms with Crippen molar-refractivity contribution < 1.29 is 14.2 Å². The van der Waals surface area contributed by atoms with Crippen LogP contribution in [0.5, 0.6) is 5.75 Å². The fourth-order valence-corrected chi connectivity index (χ4v) is 2.07. The summed E-state index contributed by atoms with van der Waals surface area (Å²) in [6.07, 6.45) is 2.89. The number of methoxy groups -OCH3 is 1. The van der Waals surface area contributed by atoms with E-state index in [1.54, 1.807) is 13.2 Å². The summed E-state index contributed by atoms with van der Waals surface area (Å²) in [6.45, 7) is 0.188. The van der Waals surface area contributed by atoms with Gasteiger partial charge in [0.05, 0.1) is 7.11 Å². The Labute approximate surface area is 125 Å². The fraction of sp³-hybridized carbons (Fsp3) is 0.143. The number of rotatable bonds is 5. The van der Waals surface area contributed by atoms with Gasteiger partial charge in [-0.2, -0.15) is 0 Å². The first-order chi connectivity index (χ1) is 10.7. The Morgan fingerprint density at radius 2 is 2.27 bits per heavy atom. The lowest BCUT2D eigenvalue weighted by Gasteiger charge is -2.00. The summed E-state index contributed by atoms with van der Waals surface area (Å²) < 4.78 is 11.8. The van der Waals surface area contributed by atoms with Gasteiger partial charge in [0.15, 0.2) is 5.76 Å². The third-order valence-corrected chi connectivity index (χ3v) is 3.11. The van der Waals surface area contributed by atoms with Gasteiger partial charge in [-0.3, -0.25) is 0 Å². The average molecular weight is 300 g/mol. The zero-order valence-electron chi connectivity index (χ0n) is 11.7. The maximum absolute atomic E-state index is 10.8. The minimum Gasteiger partial charge on any atom is -0.497 e. The maximum atomic E-state index is 10.8. The largest absolute Gasteiger partial charge is 0.497 e. The molecule has 0 fully saturated rings. The van der Waals surface area contributed by atoms with Gasteiger partial charge in [-0.1, -0.05) is 22.3 Å². The highest BCUT2D eigenvalue weighted by Crippen LogP contribution is 2.24. The maximum Gasteiger partial charge on any atom is 0.434 e. The molecule has 0 saturated carbocycles. The number of hydrogen-bond acceptors (Lipinski definition) is 6. The Morgan fingerprint density at radius 1 is 1.41 bits per heavy atom. The van der Waals surface area contributed by atoms with Crippen molar-refractivity contribution in [3.63, 3.8) is 0 Å². The monoisotopic (exact) mass is 300 g/mol. The minimum absolute atomic E-state index is 0.188. The molecule has 0 bridgehead atoms. The smallest absolute Gasteiger partial charge is 0.434 e. The molecule has 0 atom stereocenters. The molecule has 0 N–H and O–H groups in total. The van der Waals surface area contributed by atoms with E-state index in [1.165, 1.54) is 17.0 Å². The Morgan fingerprint density at radius 3 is 3.05 bits per heavy atom. The summed E-state index contributed by atoms with van der Waals surface area (Å²) >= 11 is 0. The van der Waals surface area contributed by atoms with Gasteiger partial charge in [-0.05, 0) is 17.1 Å². The minimum atomic E-state index is -0.542. The Hall–Kier alpha value is -3.16. The molecule has 0 aliphatic heterocycles. The van der Waals surface area contributed by atoms with Gasteiger partial charge in [0, 0.05) is 11.6 Å². The fourth-order valence-electron chi connectivity index (χ4n) is 2.07. The molecular formula is C14H12N4O4. The van der Waals surface area contributed by atoms with Gasteiger partial charge in [0.2, 0.25) is 0 Å². The molecule has 2 heterocycles. The molecule has 3 rings (SSSR count). The summed E-state index contributed by atoms with van der Waals surface area (Å²) in [6, 6.07) is 9.13. The lowest BCUT2D eigenvalue weighted by molar-refractivity contribution is -0.396. The highest BCUT2D eigenvalue weighted by molar-refractivity contribution is 5.60. The molecule has 8 nitrogen and oxygen atoms in total. The molecule has 1 aromatic carbocycles. The van der Waals surface area contributed by atoms with Crippen molar-refractivity contribution in [2.75, 3.05) is 7.11 Å². The third-order valence-electron chi connectivity index (χ3n) is 3.11. The summed E-state index contributed by atoms with van der Waals surface area (Å²) in [5, 5.41) is 14.8. The normalized spacial score (nSPS) is 10.6. The third kappa shape index (κ3) is 2.66. The molecule has 0 spiro atoms. The predicted molar refractivity (Wildman–Crippen MR) is 76.5 cm³/mol. The zero-order valence-corrected chi connectivity index (χ0v) is 11.7. The summed E-state index contributed by atoms with van der Waals surface area (Å²) in [5.74, 6) is 0.977. The Bertz CT molecular complexity index is 809. The number of hydrogen-bond donors (Lipinski definition) is 0. The van der Waals surface area contributed by atoms with E-state index in [2.05, 4.69) is 10.1 Å². The SMILES string of the molecule is COc1cccc(-c2cc(Cn3ccnc3[N+](=O)[O-])on2)c1. The summed E-state index contributed by atoms with van der Waals surface area (Å²) in [4.78, 5) is 14.0. The van der Waals surface area contributed by atoms with Crippen LogP contribution in [0.3, 0.4) is 0 Å². The molecule has 0 amide bonds. The van der Waals surface area contributed by atoms with E-state index in [-0.39, 0.29) is 12.5 Å². The van der Waals surface area contributed by atoms with Crippen molar-refractivity contribution in [2.45, 2.75) is 6.54 Å². The van der Waals surface area contributed by atoms with Crippen molar-refractivity contribution in [2.24, 2.45) is 0 Å². The molecule has 112 valence electrons. The quantitative estimate of drug-likeness (QED) is 0.530. The number of ether oxygens (including phenoxy) is 1. The van der Waals surface area contributed by atoms with Crippen molar-refractivity contribution in [1.82, 2.24) is 14.7 Å². The van der Waals surface area contributed by atoms with E-state index in [1.807, 2.05) is 24.3 Å². The molecule has 0 aliphatic carbocycles. The van der Waals surface area contributed by atoms with Crippen molar-refractivity contribution in [3.8, 4) is 17.0 Å². The van der Waals surface area contributed by atoms with Gasteiger partial charge in [0.25, 0.3) is 0 Å². The zero-order chi connectivity index (χ0) is 15.5. The van der Waals surface area contributed by atoms with E-state index in [9.17, 15) is 10.1 Å². The summed E-state index contributed by atoms with van der Waals surface area (Å²) in [7, 11) is 1.59. The van der Waals surface area contributed by atoms with Gasteiger partial charge >= 0.3 is 5.95 Å². The standard InChI is InChI=1S/C14H12N4O4/c1-21-11-4-2-3-10(7-11)13-8-12(22-16-13)9-17-6-5-15-14(17)18(19)20/h2-8H,9H2,1H3. The first kappa shape index (κ1) is 13.8. The van der Waals surface area contributed by atoms with Crippen LogP contribution in [-0.4, -0.2) is 26.7 Å². The Kier molecular flexibility index (Phi) is 3.57. The highest BCUT2D eigenvalue weighted by Gasteiger charge is 2.17. The molecule has 2 aromatic heterocycles. The number of benzene rings is 1. The van der Waals surface area contributed by atoms with Crippen LogP contribution < -0.4 is 4.74 Å². The Balaban J connectivity index is 1.84. The molecule has 0 radical (unpaired) electrons. The lowest BCUT2D eigenvalue weighted by Crippen LogP contribution is -2.03. The van der Waals surface area contributed by atoms with Crippen LogP contribution in [0.2, 0.25) is 0 Å². The molecule has 8 heteroatoms. The summed E-state index contributed by atoms with van der Waals surface area (Å²) in [5.41, 5.74) is 1.48. The van der Waals surface area contributed by atoms with Crippen LogP contribution in [0.15, 0.2) is 47.2 Å². The van der Waals surface area contributed by atoms with Gasteiger partial charge in [-0.15, -0.1) is 0 Å². The second kappa shape index (κ2) is 5.68. The molecule has 3 aromatic rings. The van der Waals surface area contributed by atoms with Gasteiger partial charge in [-0.25, -0.2) is 4.57 Å². The topological polar surface area (TPSA) is 96.2 Å². The molecule has 0 aliphatic rings. The number of nitrogens with zero attached hydrogens (tertiary/aromatic N) is 4. The van der Waals surface area contributed by atoms with Crippen LogP contribution in [0.25, 0.3) is 11.3 Å². The van der Waals surface area contributed by atoms with Crippen molar-refractivity contribution >= 4 is 5.95 Å². The van der Waals surface area contributed by atoms with Crippen LogP contribution in [-0.2, 0) is 6.54 Å². The van der Waals surface area contributed by atoms with Gasteiger partial charge in [0.1, 0.15) is 30.4 Å². The second-order valence-electron chi connectivity index (χ2n) is 4.52. The first-order valence-corrected chi connectivity index (χ1v) is 6.43. The molecule has 0 saturated heterocycles. The number of nitro groups is 1. The molecular weight excluding hydrogens is 288 g/mol. The van der Waals surface area contributed by atoms with Crippen LogP contribution in [0.4, 0.5) is 5.95 Å². The van der Waals surface area contributed by atoms with E-state index in [0.717, 1.165) is 5.56 Å². The van der Waals surface area contributed by atoms with E-state index in [0.29, 0.717) is 17.2 Å². The average Bonchev–Trinajstić information content (AvgIpc) is 3.17. The highest BCUT2D eigenvalue weighted by atomic mass is 16.6. The first-order valence-electron chi connectivity index (χ1n) is 6.43. The number of imidazole rings is 1. The molecule has 22 heavy (non-hydrogen) atoms. The van der Waals surface area contributed by atoms with Crippen LogP contribution in [0.1, 0.15) is 5.76 Å². The van der Waals surface area contributed by atoms with E-state index >= 15 is 0 Å². The lowest BCUT2D eigenvalue weighted by atomic mass is 10.1. The van der Waals surface area contributed by atoms with Crippen molar-refractivity contribution in [1.29, 1.82) is 0 Å². The van der Waals surface area contributed by atoms with E-state index < -0.39 is 4.92 Å². The molecule has 0 unspecified atom stereocenters. The van der Waals surface area contributed by atoms with Gasteiger partial charge < -0.3 is 19.4 Å². The van der Waals surface area contributed by atoms with Crippen LogP contribution >= 0.6 is 0 Å². The predicted octanol–water partition coefficient (Wildman–Crippen LogP) is 2.50. The van der Waals surface area contributed by atoms with Crippen molar-refractivity contribution in [3.05, 3.63) is 58.6 Å². The number of aromatic nitrogens is 3.